The van der Waals surface area contributed by atoms with Gasteiger partial charge in [0.15, 0.2) is 0 Å². The fourth-order valence-electron chi connectivity index (χ4n) is 3.80. The van der Waals surface area contributed by atoms with E-state index in [2.05, 4.69) is 30.2 Å². The lowest BCUT2D eigenvalue weighted by Gasteiger charge is -2.28. The van der Waals surface area contributed by atoms with Crippen LogP contribution >= 0.6 is 0 Å². The van der Waals surface area contributed by atoms with E-state index < -0.39 is 0 Å². The van der Waals surface area contributed by atoms with Gasteiger partial charge in [-0.15, -0.1) is 0 Å². The molecule has 0 radical (unpaired) electrons. The highest BCUT2D eigenvalue weighted by molar-refractivity contribution is 5.79. The number of nitrogens with zero attached hydrogens (tertiary/aromatic N) is 3. The summed E-state index contributed by atoms with van der Waals surface area (Å²) in [6.45, 7) is 9.62. The van der Waals surface area contributed by atoms with Crippen LogP contribution in [0, 0.1) is 18.3 Å². The van der Waals surface area contributed by atoms with Crippen LogP contribution in [-0.2, 0) is 11.2 Å². The summed E-state index contributed by atoms with van der Waals surface area (Å²) in [6, 6.07) is 9.82. The number of ether oxygens (including phenoxy) is 1. The molecular formula is C23H31N5O2. The van der Waals surface area contributed by atoms with Gasteiger partial charge < -0.3 is 19.9 Å². The zero-order valence-electron chi connectivity index (χ0n) is 18.3. The van der Waals surface area contributed by atoms with Crippen LogP contribution in [0.15, 0.2) is 24.3 Å². The lowest BCUT2D eigenvalue weighted by molar-refractivity contribution is -0.130. The average molecular weight is 410 g/mol. The summed E-state index contributed by atoms with van der Waals surface area (Å²) in [5, 5.41) is 12.6. The number of aromatic amines is 1. The fraction of sp³-hybridized carbons (Fsp3) is 0.522. The van der Waals surface area contributed by atoms with Gasteiger partial charge in [-0.2, -0.15) is 5.26 Å². The van der Waals surface area contributed by atoms with Crippen LogP contribution in [0.1, 0.15) is 45.0 Å². The number of H-pyrrole nitrogens is 1. The highest BCUT2D eigenvalue weighted by atomic mass is 16.5. The van der Waals surface area contributed by atoms with Crippen molar-refractivity contribution in [2.45, 2.75) is 58.5 Å². The van der Waals surface area contributed by atoms with Gasteiger partial charge in [0.05, 0.1) is 24.9 Å². The molecule has 30 heavy (non-hydrogen) atoms. The maximum Gasteiger partial charge on any atom is 0.237 e. The molecule has 1 aliphatic heterocycles. The molecule has 1 atom stereocenters. The summed E-state index contributed by atoms with van der Waals surface area (Å²) in [4.78, 5) is 22.4. The summed E-state index contributed by atoms with van der Waals surface area (Å²) < 4.78 is 5.59. The molecule has 0 aliphatic carbocycles. The average Bonchev–Trinajstić information content (AvgIpc) is 3.33. The monoisotopic (exact) mass is 409 g/mol. The Labute approximate surface area is 178 Å². The van der Waals surface area contributed by atoms with Crippen molar-refractivity contribution in [3.8, 4) is 23.2 Å². The summed E-state index contributed by atoms with van der Waals surface area (Å²) in [5.74, 6) is 1.62. The van der Waals surface area contributed by atoms with E-state index >= 15 is 0 Å². The van der Waals surface area contributed by atoms with E-state index in [1.165, 1.54) is 0 Å². The first-order valence-corrected chi connectivity index (χ1v) is 10.6. The molecule has 1 aromatic heterocycles. The Morgan fingerprint density at radius 3 is 3.00 bits per heavy atom. The minimum atomic E-state index is -0.318. The number of imidazole rings is 1. The third-order valence-corrected chi connectivity index (χ3v) is 5.45. The first kappa shape index (κ1) is 21.8. The van der Waals surface area contributed by atoms with E-state index in [1.54, 1.807) is 4.90 Å². The molecule has 2 heterocycles. The largest absolute Gasteiger partial charge is 0.494 e. The molecule has 1 fully saturated rings. The third-order valence-electron chi connectivity index (χ3n) is 5.45. The zero-order chi connectivity index (χ0) is 21.7. The molecule has 1 aliphatic rings. The number of rotatable bonds is 8. The number of aryl methyl sites for hydroxylation is 1. The Balaban J connectivity index is 1.64. The van der Waals surface area contributed by atoms with Crippen LogP contribution in [0.2, 0.25) is 0 Å². The van der Waals surface area contributed by atoms with Crippen molar-refractivity contribution in [3.05, 3.63) is 35.7 Å². The number of carbonyl (C=O) groups excluding carboxylic acids is 1. The molecular weight excluding hydrogens is 378 g/mol. The number of amides is 1. The summed E-state index contributed by atoms with van der Waals surface area (Å²) >= 11 is 0. The van der Waals surface area contributed by atoms with Gasteiger partial charge in [0, 0.05) is 29.8 Å². The van der Waals surface area contributed by atoms with Gasteiger partial charge in [-0.05, 0) is 52.7 Å². The first-order valence-electron chi connectivity index (χ1n) is 10.6. The number of likely N-dealkylation sites (tertiary alicyclic amines) is 1. The van der Waals surface area contributed by atoms with Crippen LogP contribution in [0.4, 0.5) is 0 Å². The second-order valence-electron chi connectivity index (χ2n) is 8.41. The van der Waals surface area contributed by atoms with E-state index in [9.17, 15) is 10.1 Å². The van der Waals surface area contributed by atoms with Crippen LogP contribution in [0.3, 0.4) is 0 Å². The highest BCUT2D eigenvalue weighted by Crippen LogP contribution is 2.24. The summed E-state index contributed by atoms with van der Waals surface area (Å²) in [5.41, 5.74) is 2.64. The van der Waals surface area contributed by atoms with Gasteiger partial charge in [0.1, 0.15) is 17.6 Å². The summed E-state index contributed by atoms with van der Waals surface area (Å²) in [6.07, 6.45) is 2.34. The normalized spacial score (nSPS) is 16.5. The SMILES string of the molecule is CCOc1cccc(-c2nc(CC(C)(C)NCC(=O)N3CCC[C@H]3C#N)c(C)[nH]2)c1. The van der Waals surface area contributed by atoms with Crippen LogP contribution in [-0.4, -0.2) is 52.1 Å². The molecule has 0 bridgehead atoms. The number of hydrogen-bond donors (Lipinski definition) is 2. The third kappa shape index (κ3) is 5.19. The van der Waals surface area contributed by atoms with Crippen molar-refractivity contribution >= 4 is 5.91 Å². The number of nitriles is 1. The molecule has 2 N–H and O–H groups in total. The van der Waals surface area contributed by atoms with Gasteiger partial charge in [0.2, 0.25) is 5.91 Å². The van der Waals surface area contributed by atoms with Crippen molar-refractivity contribution < 1.29 is 9.53 Å². The van der Waals surface area contributed by atoms with Crippen molar-refractivity contribution in [1.29, 1.82) is 5.26 Å². The number of carbonyl (C=O) groups is 1. The second kappa shape index (κ2) is 9.31. The van der Waals surface area contributed by atoms with Crippen molar-refractivity contribution in [2.24, 2.45) is 0 Å². The molecule has 1 amide bonds. The van der Waals surface area contributed by atoms with Crippen molar-refractivity contribution in [3.63, 3.8) is 0 Å². The Bertz CT molecular complexity index is 928. The molecule has 3 rings (SSSR count). The fourth-order valence-corrected chi connectivity index (χ4v) is 3.80. The maximum atomic E-state index is 12.5. The van der Waals surface area contributed by atoms with Crippen molar-refractivity contribution in [1.82, 2.24) is 20.2 Å². The molecule has 1 aromatic carbocycles. The maximum absolute atomic E-state index is 12.5. The van der Waals surface area contributed by atoms with Gasteiger partial charge in [-0.25, -0.2) is 4.98 Å². The topological polar surface area (TPSA) is 94.0 Å². The van der Waals surface area contributed by atoms with Gasteiger partial charge in [-0.3, -0.25) is 4.79 Å². The Morgan fingerprint density at radius 1 is 1.47 bits per heavy atom. The molecule has 7 heteroatoms. The van der Waals surface area contributed by atoms with Crippen LogP contribution in [0.5, 0.6) is 5.75 Å². The molecule has 7 nitrogen and oxygen atoms in total. The van der Waals surface area contributed by atoms with Gasteiger partial charge in [0.25, 0.3) is 0 Å². The van der Waals surface area contributed by atoms with Gasteiger partial charge in [-0.1, -0.05) is 12.1 Å². The lowest BCUT2D eigenvalue weighted by atomic mass is 9.97. The number of aromatic nitrogens is 2. The first-order chi connectivity index (χ1) is 14.3. The van der Waals surface area contributed by atoms with E-state index in [-0.39, 0.29) is 24.0 Å². The van der Waals surface area contributed by atoms with E-state index in [0.29, 0.717) is 19.6 Å². The minimum Gasteiger partial charge on any atom is -0.494 e. The van der Waals surface area contributed by atoms with E-state index in [4.69, 9.17) is 9.72 Å². The second-order valence-corrected chi connectivity index (χ2v) is 8.41. The highest BCUT2D eigenvalue weighted by Gasteiger charge is 2.30. The minimum absolute atomic E-state index is 0.0145. The Hall–Kier alpha value is -2.85. The molecule has 0 unspecified atom stereocenters. The van der Waals surface area contributed by atoms with Crippen molar-refractivity contribution in [2.75, 3.05) is 19.7 Å². The standard InChI is InChI=1S/C23H31N5O2/c1-5-30-19-10-6-8-17(12-19)22-26-16(2)20(27-22)13-23(3,4)25-15-21(29)28-11-7-9-18(28)14-24/h6,8,10,12,18,25H,5,7,9,11,13,15H2,1-4H3,(H,26,27)/t18-/m0/s1. The number of benzene rings is 1. The Morgan fingerprint density at radius 2 is 2.27 bits per heavy atom. The quantitative estimate of drug-likeness (QED) is 0.698. The van der Waals surface area contributed by atoms with Gasteiger partial charge >= 0.3 is 0 Å². The number of nitrogens with one attached hydrogen (secondary N) is 2. The van der Waals surface area contributed by atoms with E-state index in [0.717, 1.165) is 41.4 Å². The molecule has 0 spiro atoms. The molecule has 160 valence electrons. The smallest absolute Gasteiger partial charge is 0.237 e. The Kier molecular flexibility index (Phi) is 6.78. The zero-order valence-corrected chi connectivity index (χ0v) is 18.3. The number of hydrogen-bond acceptors (Lipinski definition) is 5. The van der Waals surface area contributed by atoms with Crippen LogP contribution < -0.4 is 10.1 Å². The van der Waals surface area contributed by atoms with Crippen LogP contribution in [0.25, 0.3) is 11.4 Å². The predicted molar refractivity (Wildman–Crippen MR) is 116 cm³/mol. The van der Waals surface area contributed by atoms with E-state index in [1.807, 2.05) is 38.1 Å². The molecule has 0 saturated carbocycles. The summed E-state index contributed by atoms with van der Waals surface area (Å²) in [7, 11) is 0. The molecule has 2 aromatic rings. The molecule has 1 saturated heterocycles. The predicted octanol–water partition coefficient (Wildman–Crippen LogP) is 3.21. The lowest BCUT2D eigenvalue weighted by Crippen LogP contribution is -2.48.